The third kappa shape index (κ3) is 3.22. The zero-order valence-corrected chi connectivity index (χ0v) is 13.6. The Morgan fingerprint density at radius 1 is 1.10 bits per heavy atom. The molecule has 1 fully saturated rings. The molecule has 1 aromatic rings. The van der Waals surface area contributed by atoms with Gasteiger partial charge in [0.15, 0.2) is 16.6 Å². The average Bonchev–Trinajstić information content (AvgIpc) is 2.43. The van der Waals surface area contributed by atoms with E-state index in [9.17, 15) is 9.59 Å². The number of hydrogen-bond acceptors (Lipinski definition) is 5. The average molecular weight is 371 g/mol. The summed E-state index contributed by atoms with van der Waals surface area (Å²) in [5.74, 6) is -0.0826. The number of rotatable bonds is 3. The molecule has 0 saturated carbocycles. The van der Waals surface area contributed by atoms with Gasteiger partial charge in [-0.05, 0) is 36.0 Å². The van der Waals surface area contributed by atoms with Crippen LogP contribution in [0.15, 0.2) is 22.2 Å². The lowest BCUT2D eigenvalue weighted by molar-refractivity contribution is -0.123. The maximum Gasteiger partial charge on any atom is 0.263 e. The van der Waals surface area contributed by atoms with Crippen molar-refractivity contribution in [1.29, 1.82) is 0 Å². The number of amides is 2. The highest BCUT2D eigenvalue weighted by Gasteiger charge is 2.26. The molecule has 6 nitrogen and oxygen atoms in total. The van der Waals surface area contributed by atoms with E-state index in [0.717, 1.165) is 0 Å². The van der Waals surface area contributed by atoms with Crippen molar-refractivity contribution in [2.45, 2.75) is 0 Å². The van der Waals surface area contributed by atoms with Crippen LogP contribution in [0, 0.1) is 0 Å². The fourth-order valence-corrected chi connectivity index (χ4v) is 2.36. The summed E-state index contributed by atoms with van der Waals surface area (Å²) in [6.07, 6.45) is 1.44. The van der Waals surface area contributed by atoms with Gasteiger partial charge < -0.3 is 9.47 Å². The number of thiocarbonyl (C=S) groups is 1. The maximum atomic E-state index is 11.8. The Hall–Kier alpha value is -1.93. The first-order valence-corrected chi connectivity index (χ1v) is 6.96. The Morgan fingerprint density at radius 2 is 1.62 bits per heavy atom. The van der Waals surface area contributed by atoms with E-state index in [4.69, 9.17) is 21.7 Å². The first kappa shape index (κ1) is 15.5. The summed E-state index contributed by atoms with van der Waals surface area (Å²) in [4.78, 5) is 23.6. The molecule has 0 atom stereocenters. The number of methoxy groups -OCH3 is 2. The van der Waals surface area contributed by atoms with Crippen molar-refractivity contribution in [1.82, 2.24) is 10.6 Å². The van der Waals surface area contributed by atoms with Crippen LogP contribution in [0.25, 0.3) is 6.08 Å². The Kier molecular flexibility index (Phi) is 4.59. The lowest BCUT2D eigenvalue weighted by atomic mass is 10.1. The Balaban J connectivity index is 2.47. The number of ether oxygens (including phenoxy) is 2. The lowest BCUT2D eigenvalue weighted by Crippen LogP contribution is -2.51. The topological polar surface area (TPSA) is 76.7 Å². The second-order valence-electron chi connectivity index (χ2n) is 4.02. The van der Waals surface area contributed by atoms with Crippen molar-refractivity contribution in [3.05, 3.63) is 27.7 Å². The van der Waals surface area contributed by atoms with Crippen LogP contribution < -0.4 is 20.1 Å². The van der Waals surface area contributed by atoms with Crippen LogP contribution >= 0.6 is 28.1 Å². The first-order chi connectivity index (χ1) is 9.96. The molecule has 1 aliphatic heterocycles. The Morgan fingerprint density at radius 3 is 2.14 bits per heavy atom. The molecule has 1 aliphatic rings. The molecule has 0 bridgehead atoms. The summed E-state index contributed by atoms with van der Waals surface area (Å²) in [6, 6.07) is 3.35. The third-order valence-corrected chi connectivity index (χ3v) is 3.64. The van der Waals surface area contributed by atoms with Gasteiger partial charge in [0.1, 0.15) is 5.57 Å². The molecule has 21 heavy (non-hydrogen) atoms. The molecule has 0 aliphatic carbocycles. The molecule has 110 valence electrons. The predicted octanol–water partition coefficient (Wildman–Crippen LogP) is 1.38. The summed E-state index contributed by atoms with van der Waals surface area (Å²) in [5, 5.41) is 4.74. The van der Waals surface area contributed by atoms with E-state index >= 15 is 0 Å². The molecular weight excluding hydrogens is 360 g/mol. The molecular formula is C13H11BrN2O4S. The molecule has 2 rings (SSSR count). The second kappa shape index (κ2) is 6.23. The number of carbonyl (C=O) groups is 2. The van der Waals surface area contributed by atoms with Crippen LogP contribution in [0.3, 0.4) is 0 Å². The quantitative estimate of drug-likeness (QED) is 0.477. The minimum absolute atomic E-state index is 0.00599. The van der Waals surface area contributed by atoms with E-state index < -0.39 is 11.8 Å². The third-order valence-electron chi connectivity index (χ3n) is 2.75. The zero-order chi connectivity index (χ0) is 15.6. The standard InChI is InChI=1S/C13H11BrN2O4S/c1-19-9-4-6(8(14)5-10(9)20-2)3-7-11(17)15-13(21)16-12(7)18/h3-5H,1-2H3,(H2,15,16,17,18,21). The van der Waals surface area contributed by atoms with Crippen molar-refractivity contribution in [2.24, 2.45) is 0 Å². The normalized spacial score (nSPS) is 14.4. The predicted molar refractivity (Wildman–Crippen MR) is 84.1 cm³/mol. The van der Waals surface area contributed by atoms with Gasteiger partial charge in [0.05, 0.1) is 14.2 Å². The first-order valence-electron chi connectivity index (χ1n) is 5.76. The fourth-order valence-electron chi connectivity index (χ4n) is 1.74. The smallest absolute Gasteiger partial charge is 0.263 e. The summed E-state index contributed by atoms with van der Waals surface area (Å²) >= 11 is 8.10. The molecule has 0 unspecified atom stereocenters. The van der Waals surface area contributed by atoms with Gasteiger partial charge in [0.2, 0.25) is 0 Å². The Bertz CT molecular complexity index is 650. The molecule has 0 radical (unpaired) electrons. The monoisotopic (exact) mass is 370 g/mol. The van der Waals surface area contributed by atoms with Crippen LogP contribution in [-0.2, 0) is 9.59 Å². The maximum absolute atomic E-state index is 11.8. The summed E-state index contributed by atoms with van der Waals surface area (Å²) < 4.78 is 11.0. The molecule has 1 heterocycles. The summed E-state index contributed by atoms with van der Waals surface area (Å²) in [7, 11) is 3.02. The molecule has 2 N–H and O–H groups in total. The van der Waals surface area contributed by atoms with Crippen LogP contribution in [0.5, 0.6) is 11.5 Å². The van der Waals surface area contributed by atoms with Gasteiger partial charge in [-0.25, -0.2) is 0 Å². The minimum atomic E-state index is -0.551. The number of hydrogen-bond donors (Lipinski definition) is 2. The molecule has 1 saturated heterocycles. The van der Waals surface area contributed by atoms with Gasteiger partial charge in [-0.3, -0.25) is 20.2 Å². The van der Waals surface area contributed by atoms with Crippen LogP contribution in [0.2, 0.25) is 0 Å². The van der Waals surface area contributed by atoms with E-state index in [-0.39, 0.29) is 10.7 Å². The van der Waals surface area contributed by atoms with E-state index in [1.807, 2.05) is 0 Å². The van der Waals surface area contributed by atoms with E-state index in [0.29, 0.717) is 21.5 Å². The van der Waals surface area contributed by atoms with Gasteiger partial charge >= 0.3 is 0 Å². The van der Waals surface area contributed by atoms with Gasteiger partial charge in [0.25, 0.3) is 11.8 Å². The van der Waals surface area contributed by atoms with E-state index in [1.165, 1.54) is 20.3 Å². The summed E-state index contributed by atoms with van der Waals surface area (Å²) in [5.41, 5.74) is 0.553. The van der Waals surface area contributed by atoms with Gasteiger partial charge in [-0.15, -0.1) is 0 Å². The van der Waals surface area contributed by atoms with Crippen LogP contribution in [-0.4, -0.2) is 31.1 Å². The SMILES string of the molecule is COc1cc(Br)c(C=C2C(=O)NC(=S)NC2=O)cc1OC. The second-order valence-corrected chi connectivity index (χ2v) is 5.29. The van der Waals surface area contributed by atoms with Gasteiger partial charge in [0, 0.05) is 4.47 Å². The summed E-state index contributed by atoms with van der Waals surface area (Å²) in [6.45, 7) is 0. The highest BCUT2D eigenvalue weighted by Crippen LogP contribution is 2.34. The number of carbonyl (C=O) groups excluding carboxylic acids is 2. The molecule has 2 amide bonds. The highest BCUT2D eigenvalue weighted by atomic mass is 79.9. The van der Waals surface area contributed by atoms with E-state index in [1.54, 1.807) is 12.1 Å². The van der Waals surface area contributed by atoms with Crippen LogP contribution in [0.1, 0.15) is 5.56 Å². The van der Waals surface area contributed by atoms with Crippen LogP contribution in [0.4, 0.5) is 0 Å². The number of benzene rings is 1. The van der Waals surface area contributed by atoms with Crippen molar-refractivity contribution in [3.63, 3.8) is 0 Å². The van der Waals surface area contributed by atoms with Crippen molar-refractivity contribution in [3.8, 4) is 11.5 Å². The molecule has 0 spiro atoms. The van der Waals surface area contributed by atoms with Crippen molar-refractivity contribution < 1.29 is 19.1 Å². The van der Waals surface area contributed by atoms with Gasteiger partial charge in [-0.1, -0.05) is 15.9 Å². The highest BCUT2D eigenvalue weighted by molar-refractivity contribution is 9.10. The van der Waals surface area contributed by atoms with Crippen molar-refractivity contribution in [2.75, 3.05) is 14.2 Å². The number of halogens is 1. The Labute approximate surface area is 134 Å². The molecule has 0 aromatic heterocycles. The number of nitrogens with one attached hydrogen (secondary N) is 2. The lowest BCUT2D eigenvalue weighted by Gasteiger charge is -2.17. The van der Waals surface area contributed by atoms with Crippen molar-refractivity contribution >= 4 is 51.2 Å². The largest absolute Gasteiger partial charge is 0.493 e. The van der Waals surface area contributed by atoms with Gasteiger partial charge in [-0.2, -0.15) is 0 Å². The van der Waals surface area contributed by atoms with E-state index in [2.05, 4.69) is 26.6 Å². The molecule has 8 heteroatoms. The zero-order valence-electron chi connectivity index (χ0n) is 11.2. The minimum Gasteiger partial charge on any atom is -0.493 e. The molecule has 1 aromatic carbocycles. The fraction of sp³-hybridized carbons (Fsp3) is 0.154.